The molecule has 1 aromatic carbocycles. The third-order valence-corrected chi connectivity index (χ3v) is 5.97. The van der Waals surface area contributed by atoms with Crippen molar-refractivity contribution >= 4 is 15.7 Å². The van der Waals surface area contributed by atoms with Gasteiger partial charge in [0.1, 0.15) is 5.75 Å². The van der Waals surface area contributed by atoms with E-state index in [9.17, 15) is 8.42 Å². The molecule has 1 aromatic rings. The third-order valence-electron chi connectivity index (χ3n) is 3.81. The summed E-state index contributed by atoms with van der Waals surface area (Å²) in [6.07, 6.45) is 0.840. The predicted octanol–water partition coefficient (Wildman–Crippen LogP) is 1.79. The van der Waals surface area contributed by atoms with Gasteiger partial charge in [0, 0.05) is 25.7 Å². The van der Waals surface area contributed by atoms with Gasteiger partial charge in [-0.15, -0.1) is 0 Å². The minimum atomic E-state index is -3.54. The number of sulfonamides is 1. The van der Waals surface area contributed by atoms with Crippen LogP contribution in [0.4, 0.5) is 0 Å². The van der Waals surface area contributed by atoms with Crippen LogP contribution in [0.25, 0.3) is 0 Å². The van der Waals surface area contributed by atoms with Crippen molar-refractivity contribution in [1.82, 2.24) is 4.31 Å². The number of rotatable bonds is 9. The summed E-state index contributed by atoms with van der Waals surface area (Å²) in [4.78, 5) is 4.41. The van der Waals surface area contributed by atoms with Crippen LogP contribution < -0.4 is 4.74 Å². The van der Waals surface area contributed by atoms with Crippen molar-refractivity contribution in [3.63, 3.8) is 0 Å². The van der Waals surface area contributed by atoms with Crippen molar-refractivity contribution in [3.8, 4) is 5.75 Å². The molecule has 0 aliphatic carbocycles. The molecule has 0 amide bonds. The number of hydrogen-bond acceptors (Lipinski definition) is 5. The number of hydrogen-bond donors (Lipinski definition) is 0. The summed E-state index contributed by atoms with van der Waals surface area (Å²) in [6, 6.07) is 3.47. The van der Waals surface area contributed by atoms with Gasteiger partial charge < -0.3 is 9.47 Å². The molecule has 23 heavy (non-hydrogen) atoms. The van der Waals surface area contributed by atoms with Crippen molar-refractivity contribution in [3.05, 3.63) is 23.3 Å². The molecule has 0 saturated carbocycles. The monoisotopic (exact) mass is 340 g/mol. The molecule has 0 atom stereocenters. The van der Waals surface area contributed by atoms with Crippen LogP contribution in [0.3, 0.4) is 0 Å². The van der Waals surface area contributed by atoms with Crippen LogP contribution in [0.2, 0.25) is 0 Å². The molecular weight excluding hydrogens is 316 g/mol. The summed E-state index contributed by atoms with van der Waals surface area (Å²) in [5.41, 5.74) is 2.54. The number of benzene rings is 1. The zero-order valence-electron chi connectivity index (χ0n) is 14.1. The molecule has 0 N–H and O–H groups in total. The maximum atomic E-state index is 12.8. The van der Waals surface area contributed by atoms with Gasteiger partial charge in [-0.3, -0.25) is 4.99 Å². The lowest BCUT2D eigenvalue weighted by Crippen LogP contribution is -2.31. The molecule has 128 valence electrons. The second kappa shape index (κ2) is 7.42. The number of nitrogens with zero attached hydrogens (tertiary/aromatic N) is 2. The minimum Gasteiger partial charge on any atom is -0.497 e. The van der Waals surface area contributed by atoms with Gasteiger partial charge in [-0.05, 0) is 37.1 Å². The fourth-order valence-corrected chi connectivity index (χ4v) is 3.97. The van der Waals surface area contributed by atoms with Gasteiger partial charge >= 0.3 is 0 Å². The van der Waals surface area contributed by atoms with Gasteiger partial charge in [0.05, 0.1) is 31.8 Å². The zero-order valence-corrected chi connectivity index (χ0v) is 14.9. The molecule has 0 aromatic heterocycles. The van der Waals surface area contributed by atoms with Gasteiger partial charge in [0.2, 0.25) is 10.0 Å². The molecule has 1 aliphatic rings. The highest BCUT2D eigenvalue weighted by Crippen LogP contribution is 2.27. The fourth-order valence-electron chi connectivity index (χ4n) is 2.41. The van der Waals surface area contributed by atoms with Crippen LogP contribution in [0.5, 0.6) is 5.75 Å². The quantitative estimate of drug-likeness (QED) is 0.643. The highest BCUT2D eigenvalue weighted by Gasteiger charge is 2.25. The van der Waals surface area contributed by atoms with Crippen molar-refractivity contribution in [2.45, 2.75) is 25.2 Å². The van der Waals surface area contributed by atoms with Gasteiger partial charge in [-0.2, -0.15) is 4.31 Å². The normalized spacial score (nSPS) is 14.0. The van der Waals surface area contributed by atoms with E-state index in [0.717, 1.165) is 13.0 Å². The fraction of sp³-hybridized carbons (Fsp3) is 0.562. The molecule has 0 saturated heterocycles. The number of methoxy groups -OCH3 is 1. The van der Waals surface area contributed by atoms with Crippen molar-refractivity contribution in [1.29, 1.82) is 0 Å². The second-order valence-corrected chi connectivity index (χ2v) is 7.64. The summed E-state index contributed by atoms with van der Waals surface area (Å²) in [5, 5.41) is 0. The van der Waals surface area contributed by atoms with E-state index in [1.807, 2.05) is 0 Å². The maximum Gasteiger partial charge on any atom is 0.243 e. The first-order valence-corrected chi connectivity index (χ1v) is 9.01. The Balaban J connectivity index is 2.00. The topological polar surface area (TPSA) is 68.2 Å². The molecule has 0 bridgehead atoms. The lowest BCUT2D eigenvalue weighted by molar-refractivity contribution is 0.133. The van der Waals surface area contributed by atoms with Crippen molar-refractivity contribution in [2.75, 3.05) is 40.5 Å². The first-order valence-electron chi connectivity index (χ1n) is 7.57. The minimum absolute atomic E-state index is 0.319. The predicted molar refractivity (Wildman–Crippen MR) is 90.0 cm³/mol. The van der Waals surface area contributed by atoms with E-state index in [-0.39, 0.29) is 0 Å². The molecule has 0 fully saturated rings. The number of ether oxygens (including phenoxy) is 2. The highest BCUT2D eigenvalue weighted by molar-refractivity contribution is 7.89. The largest absolute Gasteiger partial charge is 0.497 e. The second-order valence-electron chi connectivity index (χ2n) is 5.66. The molecule has 6 nitrogen and oxygen atoms in total. The molecule has 1 heterocycles. The van der Waals surface area contributed by atoms with E-state index in [0.29, 0.717) is 41.5 Å². The van der Waals surface area contributed by atoms with Crippen LogP contribution >= 0.6 is 0 Å². The molecule has 0 spiro atoms. The van der Waals surface area contributed by atoms with E-state index in [2.05, 4.69) is 4.99 Å². The number of aliphatic imine (C=N–C) groups is 1. The first-order chi connectivity index (χ1) is 10.9. The molecular formula is C16H24N2O4S. The van der Waals surface area contributed by atoms with E-state index < -0.39 is 10.0 Å². The Hall–Kier alpha value is -1.44. The zero-order chi connectivity index (χ0) is 17.0. The Labute approximate surface area is 138 Å². The summed E-state index contributed by atoms with van der Waals surface area (Å²) < 4.78 is 37.5. The van der Waals surface area contributed by atoms with Crippen molar-refractivity contribution in [2.24, 2.45) is 4.99 Å². The lowest BCUT2D eigenvalue weighted by atomic mass is 10.1. The Morgan fingerprint density at radius 3 is 2.35 bits per heavy atom. The van der Waals surface area contributed by atoms with Crippen LogP contribution in [0.1, 0.15) is 17.5 Å². The van der Waals surface area contributed by atoms with E-state index >= 15 is 0 Å². The van der Waals surface area contributed by atoms with E-state index in [4.69, 9.17) is 9.47 Å². The van der Waals surface area contributed by atoms with E-state index in [1.54, 1.807) is 40.1 Å². The molecule has 7 heteroatoms. The van der Waals surface area contributed by atoms with Gasteiger partial charge in [-0.1, -0.05) is 0 Å². The summed E-state index contributed by atoms with van der Waals surface area (Å²) >= 11 is 0. The van der Waals surface area contributed by atoms with Crippen LogP contribution in [-0.4, -0.2) is 58.9 Å². The molecule has 1 aliphatic heterocycles. The third kappa shape index (κ3) is 4.53. The smallest absolute Gasteiger partial charge is 0.243 e. The Bertz CT molecular complexity index is 675. The molecule has 2 rings (SSSR count). The summed E-state index contributed by atoms with van der Waals surface area (Å²) in [5.74, 6) is 0.660. The highest BCUT2D eigenvalue weighted by atomic mass is 32.2. The van der Waals surface area contributed by atoms with E-state index in [1.165, 1.54) is 10.0 Å². The SMILES string of the molecule is COc1cc(C)c(S(=O)(=O)N(C)CCOCCC2=NC2)c(C)c1. The van der Waals surface area contributed by atoms with Gasteiger partial charge in [0.25, 0.3) is 0 Å². The molecule has 0 unspecified atom stereocenters. The Kier molecular flexibility index (Phi) is 5.78. The van der Waals surface area contributed by atoms with Crippen LogP contribution in [0, 0.1) is 13.8 Å². The van der Waals surface area contributed by atoms with Gasteiger partial charge in [0.15, 0.2) is 0 Å². The number of likely N-dealkylation sites (N-methyl/N-ethyl adjacent to an activating group) is 1. The summed E-state index contributed by atoms with van der Waals surface area (Å²) in [7, 11) is -0.398. The molecule has 0 radical (unpaired) electrons. The lowest BCUT2D eigenvalue weighted by Gasteiger charge is -2.20. The maximum absolute atomic E-state index is 12.8. The standard InChI is InChI=1S/C16H24N2O4S/c1-12-9-15(21-4)10-13(2)16(12)23(19,20)18(3)6-8-22-7-5-14-11-17-14/h9-10H,5-8,11H2,1-4H3. The van der Waals surface area contributed by atoms with Crippen molar-refractivity contribution < 1.29 is 17.9 Å². The Morgan fingerprint density at radius 1 is 1.22 bits per heavy atom. The van der Waals surface area contributed by atoms with Crippen LogP contribution in [-0.2, 0) is 14.8 Å². The number of aryl methyl sites for hydroxylation is 2. The first kappa shape index (κ1) is 17.9. The van der Waals surface area contributed by atoms with Crippen LogP contribution in [0.15, 0.2) is 22.0 Å². The average molecular weight is 340 g/mol. The Morgan fingerprint density at radius 2 is 1.83 bits per heavy atom. The summed E-state index contributed by atoms with van der Waals surface area (Å²) in [6.45, 7) is 5.70. The van der Waals surface area contributed by atoms with Gasteiger partial charge in [-0.25, -0.2) is 8.42 Å². The average Bonchev–Trinajstić information content (AvgIpc) is 3.29.